The van der Waals surface area contributed by atoms with Crippen molar-refractivity contribution < 1.29 is 9.47 Å². The molecule has 0 aromatic heterocycles. The van der Waals surface area contributed by atoms with Gasteiger partial charge in [0.25, 0.3) is 0 Å². The molecule has 128 valence electrons. The first-order valence-electron chi connectivity index (χ1n) is 9.53. The Hall–Kier alpha value is -1.10. The van der Waals surface area contributed by atoms with Crippen molar-refractivity contribution in [2.24, 2.45) is 17.8 Å². The second-order valence-corrected chi connectivity index (χ2v) is 8.63. The van der Waals surface area contributed by atoms with E-state index in [9.17, 15) is 0 Å². The van der Waals surface area contributed by atoms with Crippen LogP contribution in [0.5, 0.6) is 0 Å². The Balaban J connectivity index is 1.58. The summed E-state index contributed by atoms with van der Waals surface area (Å²) in [5.41, 5.74) is 2.94. The molecular formula is C20H26N2O2. The molecular weight excluding hydrogens is 300 g/mol. The van der Waals surface area contributed by atoms with Crippen LogP contribution in [0.4, 0.5) is 5.69 Å². The van der Waals surface area contributed by atoms with E-state index in [1.165, 1.54) is 24.1 Å². The van der Waals surface area contributed by atoms with E-state index < -0.39 is 0 Å². The average molecular weight is 326 g/mol. The molecule has 0 radical (unpaired) electrons. The van der Waals surface area contributed by atoms with Crippen LogP contribution in [0, 0.1) is 17.8 Å². The van der Waals surface area contributed by atoms with E-state index in [0.717, 1.165) is 19.1 Å². The molecule has 1 aliphatic carbocycles. The smallest absolute Gasteiger partial charge is 0.116 e. The summed E-state index contributed by atoms with van der Waals surface area (Å²) in [5.74, 6) is 1.83. The lowest BCUT2D eigenvalue weighted by atomic mass is 9.54. The predicted molar refractivity (Wildman–Crippen MR) is 91.9 cm³/mol. The molecule has 8 atom stereocenters. The maximum absolute atomic E-state index is 6.82. The van der Waals surface area contributed by atoms with Crippen LogP contribution in [0.3, 0.4) is 0 Å². The van der Waals surface area contributed by atoms with Gasteiger partial charge in [0.05, 0.1) is 18.8 Å². The van der Waals surface area contributed by atoms with E-state index in [0.29, 0.717) is 30.1 Å². The molecule has 4 heterocycles. The van der Waals surface area contributed by atoms with E-state index in [-0.39, 0.29) is 11.6 Å². The van der Waals surface area contributed by atoms with Crippen LogP contribution in [-0.2, 0) is 14.9 Å². The Morgan fingerprint density at radius 3 is 3.04 bits per heavy atom. The van der Waals surface area contributed by atoms with Crippen molar-refractivity contribution in [1.82, 2.24) is 4.90 Å². The zero-order valence-corrected chi connectivity index (χ0v) is 14.4. The Morgan fingerprint density at radius 1 is 1.25 bits per heavy atom. The molecule has 4 nitrogen and oxygen atoms in total. The van der Waals surface area contributed by atoms with Crippen molar-refractivity contribution in [3.63, 3.8) is 0 Å². The lowest BCUT2D eigenvalue weighted by molar-refractivity contribution is -0.258. The van der Waals surface area contributed by atoms with Gasteiger partial charge in [-0.25, -0.2) is 0 Å². The van der Waals surface area contributed by atoms with E-state index in [4.69, 9.17) is 9.47 Å². The third kappa shape index (κ3) is 1.48. The topological polar surface area (TPSA) is 33.7 Å². The Bertz CT molecular complexity index is 694. The highest BCUT2D eigenvalue weighted by Gasteiger charge is 2.67. The molecule has 1 aromatic rings. The Kier molecular flexibility index (Phi) is 2.67. The first-order chi connectivity index (χ1) is 11.7. The number of fused-ring (bicyclic) bond motifs is 4. The third-order valence-electron chi connectivity index (χ3n) is 7.87. The van der Waals surface area contributed by atoms with Crippen molar-refractivity contribution in [1.29, 1.82) is 0 Å². The largest absolute Gasteiger partial charge is 0.381 e. The summed E-state index contributed by atoms with van der Waals surface area (Å²) in [6.07, 6.45) is 3.26. The summed E-state index contributed by atoms with van der Waals surface area (Å²) in [6, 6.07) is 9.40. The summed E-state index contributed by atoms with van der Waals surface area (Å²) >= 11 is 0. The van der Waals surface area contributed by atoms with Crippen LogP contribution in [0.15, 0.2) is 24.3 Å². The van der Waals surface area contributed by atoms with E-state index in [1.807, 2.05) is 0 Å². The van der Waals surface area contributed by atoms with Crippen molar-refractivity contribution in [3.05, 3.63) is 29.8 Å². The number of benzene rings is 1. The van der Waals surface area contributed by atoms with Gasteiger partial charge < -0.3 is 14.8 Å². The van der Waals surface area contributed by atoms with Crippen LogP contribution in [0.1, 0.15) is 25.3 Å². The quantitative estimate of drug-likeness (QED) is 0.794. The van der Waals surface area contributed by atoms with Gasteiger partial charge in [-0.1, -0.05) is 18.2 Å². The Morgan fingerprint density at radius 2 is 2.12 bits per heavy atom. The fourth-order valence-electron chi connectivity index (χ4n) is 6.82. The lowest BCUT2D eigenvalue weighted by Crippen LogP contribution is -2.68. The summed E-state index contributed by atoms with van der Waals surface area (Å²) in [6.45, 7) is 4.26. The zero-order valence-electron chi connectivity index (χ0n) is 14.4. The molecule has 1 saturated carbocycles. The molecule has 1 aromatic carbocycles. The van der Waals surface area contributed by atoms with Gasteiger partial charge in [0, 0.05) is 35.5 Å². The SMILES string of the molecule is C[C@H]1OC[C@@H]2[C@H]3C[C@@H]4OC([C@H]31)N(C)CCC41c3ccccc3N[C@@H]21. The first-order valence-corrected chi connectivity index (χ1v) is 9.53. The Labute approximate surface area is 143 Å². The summed E-state index contributed by atoms with van der Waals surface area (Å²) < 4.78 is 13.1. The van der Waals surface area contributed by atoms with E-state index in [2.05, 4.69) is 48.5 Å². The van der Waals surface area contributed by atoms with Crippen LogP contribution < -0.4 is 5.32 Å². The van der Waals surface area contributed by atoms with Gasteiger partial charge in [0.15, 0.2) is 0 Å². The lowest BCUT2D eigenvalue weighted by Gasteiger charge is -2.60. The number of nitrogens with zero attached hydrogens (tertiary/aromatic N) is 1. The molecule has 1 N–H and O–H groups in total. The van der Waals surface area contributed by atoms with Gasteiger partial charge in [-0.05, 0) is 44.4 Å². The standard InChI is InChI=1S/C20H26N2O2/c1-11-17-12-9-16-20(7-8-22(2)19(17)24-16)14-5-3-4-6-15(14)21-18(20)13(12)10-23-11/h3-6,11-13,16-19,21H,7-10H2,1-2H3/t11-,12-,13-,16+,17+,18+,19?,20?/m1/s1. The number of anilines is 1. The summed E-state index contributed by atoms with van der Waals surface area (Å²) in [4.78, 5) is 2.46. The number of nitrogens with one attached hydrogen (secondary N) is 1. The molecule has 3 saturated heterocycles. The second-order valence-electron chi connectivity index (χ2n) is 8.63. The number of ether oxygens (including phenoxy) is 2. The number of rotatable bonds is 0. The number of para-hydroxylation sites is 1. The fourth-order valence-corrected chi connectivity index (χ4v) is 6.82. The molecule has 4 aliphatic heterocycles. The van der Waals surface area contributed by atoms with Crippen molar-refractivity contribution in [3.8, 4) is 0 Å². The normalized spacial score (nSPS) is 51.5. The minimum atomic E-state index is 0.121. The van der Waals surface area contributed by atoms with Crippen molar-refractivity contribution in [2.75, 3.05) is 25.5 Å². The highest BCUT2D eigenvalue weighted by Crippen LogP contribution is 2.61. The summed E-state index contributed by atoms with van der Waals surface area (Å²) in [7, 11) is 2.24. The van der Waals surface area contributed by atoms with Gasteiger partial charge >= 0.3 is 0 Å². The predicted octanol–water partition coefficient (Wildman–Crippen LogP) is 2.45. The van der Waals surface area contributed by atoms with E-state index in [1.54, 1.807) is 0 Å². The monoisotopic (exact) mass is 326 g/mol. The maximum Gasteiger partial charge on any atom is 0.116 e. The van der Waals surface area contributed by atoms with Gasteiger partial charge in [-0.3, -0.25) is 4.90 Å². The molecule has 0 amide bonds. The van der Waals surface area contributed by atoms with Crippen molar-refractivity contribution in [2.45, 2.75) is 49.7 Å². The maximum atomic E-state index is 6.82. The highest BCUT2D eigenvalue weighted by atomic mass is 16.5. The minimum Gasteiger partial charge on any atom is -0.381 e. The molecule has 5 aliphatic rings. The van der Waals surface area contributed by atoms with E-state index >= 15 is 0 Å². The van der Waals surface area contributed by atoms with Gasteiger partial charge in [-0.2, -0.15) is 0 Å². The number of hydrogen-bond acceptors (Lipinski definition) is 4. The minimum absolute atomic E-state index is 0.121. The molecule has 1 spiro atoms. The molecule has 2 unspecified atom stereocenters. The second kappa shape index (κ2) is 4.54. The average Bonchev–Trinajstić information content (AvgIpc) is 2.90. The highest BCUT2D eigenvalue weighted by molar-refractivity contribution is 5.64. The zero-order chi connectivity index (χ0) is 16.1. The molecule has 4 fully saturated rings. The van der Waals surface area contributed by atoms with Crippen LogP contribution in [0.25, 0.3) is 0 Å². The first kappa shape index (κ1) is 14.1. The number of hydrogen-bond donors (Lipinski definition) is 1. The van der Waals surface area contributed by atoms with Crippen LogP contribution in [0.2, 0.25) is 0 Å². The van der Waals surface area contributed by atoms with Crippen molar-refractivity contribution >= 4 is 5.69 Å². The van der Waals surface area contributed by atoms with Gasteiger partial charge in [0.2, 0.25) is 0 Å². The molecule has 6 rings (SSSR count). The molecule has 24 heavy (non-hydrogen) atoms. The fraction of sp³-hybridized carbons (Fsp3) is 0.700. The third-order valence-corrected chi connectivity index (χ3v) is 7.87. The summed E-state index contributed by atoms with van der Waals surface area (Å²) in [5, 5.41) is 3.92. The van der Waals surface area contributed by atoms with Crippen LogP contribution in [-0.4, -0.2) is 49.6 Å². The molecule has 3 bridgehead atoms. The molecule has 4 heteroatoms. The van der Waals surface area contributed by atoms with Crippen LogP contribution >= 0.6 is 0 Å². The van der Waals surface area contributed by atoms with Gasteiger partial charge in [-0.15, -0.1) is 0 Å². The van der Waals surface area contributed by atoms with Gasteiger partial charge in [0.1, 0.15) is 6.23 Å².